The largest absolute Gasteiger partial charge is 0.494 e. The van der Waals surface area contributed by atoms with Crippen LogP contribution in [0.25, 0.3) is 0 Å². The third-order valence-electron chi connectivity index (χ3n) is 2.17. The molecule has 1 aromatic rings. The Labute approximate surface area is 97.4 Å². The van der Waals surface area contributed by atoms with Crippen LogP contribution in [0.15, 0.2) is 12.1 Å². The molecule has 1 N–H and O–H groups in total. The Hall–Kier alpha value is -2.31. The molecule has 0 aliphatic carbocycles. The first-order valence-corrected chi connectivity index (χ1v) is 4.65. The molecule has 0 saturated carbocycles. The average Bonchev–Trinajstić information content (AvgIpc) is 2.26. The fourth-order valence-electron chi connectivity index (χ4n) is 1.46. The number of ether oxygens (including phenoxy) is 1. The molecule has 0 aliphatic heterocycles. The SMILES string of the molecule is COc1cc(C(=O)O)cc([N+](=O)[O-])c1N(C)C. The number of hydrogen-bond acceptors (Lipinski definition) is 5. The van der Waals surface area contributed by atoms with Crippen LogP contribution in [-0.4, -0.2) is 37.2 Å². The van der Waals surface area contributed by atoms with Gasteiger partial charge in [0.1, 0.15) is 5.75 Å². The lowest BCUT2D eigenvalue weighted by Crippen LogP contribution is -2.13. The van der Waals surface area contributed by atoms with E-state index in [-0.39, 0.29) is 22.7 Å². The van der Waals surface area contributed by atoms with Crippen LogP contribution in [0.4, 0.5) is 11.4 Å². The molecule has 0 radical (unpaired) electrons. The third kappa shape index (κ3) is 2.44. The van der Waals surface area contributed by atoms with Crippen LogP contribution in [0.5, 0.6) is 5.75 Å². The van der Waals surface area contributed by atoms with Gasteiger partial charge in [-0.2, -0.15) is 0 Å². The van der Waals surface area contributed by atoms with Gasteiger partial charge in [0.2, 0.25) is 0 Å². The second-order valence-corrected chi connectivity index (χ2v) is 3.50. The van der Waals surface area contributed by atoms with Crippen molar-refractivity contribution in [2.45, 2.75) is 0 Å². The normalized spacial score (nSPS) is 9.82. The predicted molar refractivity (Wildman–Crippen MR) is 60.9 cm³/mol. The van der Waals surface area contributed by atoms with Gasteiger partial charge in [-0.1, -0.05) is 0 Å². The summed E-state index contributed by atoms with van der Waals surface area (Å²) in [6, 6.07) is 2.27. The Morgan fingerprint density at radius 3 is 2.41 bits per heavy atom. The molecule has 0 atom stereocenters. The number of aromatic carboxylic acids is 1. The first-order chi connectivity index (χ1) is 7.88. The molecule has 0 fully saturated rings. The monoisotopic (exact) mass is 240 g/mol. The van der Waals surface area contributed by atoms with Gasteiger partial charge < -0.3 is 14.7 Å². The summed E-state index contributed by atoms with van der Waals surface area (Å²) in [4.78, 5) is 22.6. The summed E-state index contributed by atoms with van der Waals surface area (Å²) >= 11 is 0. The molecule has 0 heterocycles. The number of methoxy groups -OCH3 is 1. The number of rotatable bonds is 4. The quantitative estimate of drug-likeness (QED) is 0.631. The zero-order chi connectivity index (χ0) is 13.2. The number of hydrogen-bond donors (Lipinski definition) is 1. The molecule has 0 spiro atoms. The average molecular weight is 240 g/mol. The second-order valence-electron chi connectivity index (χ2n) is 3.50. The summed E-state index contributed by atoms with van der Waals surface area (Å²) in [6.45, 7) is 0. The Morgan fingerprint density at radius 1 is 1.47 bits per heavy atom. The lowest BCUT2D eigenvalue weighted by Gasteiger charge is -2.16. The van der Waals surface area contributed by atoms with Crippen molar-refractivity contribution in [2.75, 3.05) is 26.1 Å². The zero-order valence-electron chi connectivity index (χ0n) is 9.63. The van der Waals surface area contributed by atoms with Gasteiger partial charge in [-0.15, -0.1) is 0 Å². The van der Waals surface area contributed by atoms with Crippen LogP contribution in [-0.2, 0) is 0 Å². The number of anilines is 1. The van der Waals surface area contributed by atoms with Crippen LogP contribution in [0.1, 0.15) is 10.4 Å². The highest BCUT2D eigenvalue weighted by atomic mass is 16.6. The standard InChI is InChI=1S/C10H12N2O5/c1-11(2)9-7(12(15)16)4-6(10(13)14)5-8(9)17-3/h4-5H,1-3H3,(H,13,14). The number of carbonyl (C=O) groups is 1. The summed E-state index contributed by atoms with van der Waals surface area (Å²) in [5.41, 5.74) is -0.242. The highest BCUT2D eigenvalue weighted by Gasteiger charge is 2.24. The first kappa shape index (κ1) is 12.8. The van der Waals surface area contributed by atoms with Crippen LogP contribution < -0.4 is 9.64 Å². The van der Waals surface area contributed by atoms with E-state index in [2.05, 4.69) is 0 Å². The lowest BCUT2D eigenvalue weighted by atomic mass is 10.1. The summed E-state index contributed by atoms with van der Waals surface area (Å²) in [5.74, 6) is -1.08. The topological polar surface area (TPSA) is 92.9 Å². The van der Waals surface area contributed by atoms with Gasteiger partial charge in [0.05, 0.1) is 17.6 Å². The van der Waals surface area contributed by atoms with Crippen LogP contribution in [0.2, 0.25) is 0 Å². The van der Waals surface area contributed by atoms with E-state index in [0.29, 0.717) is 0 Å². The molecule has 1 rings (SSSR count). The van der Waals surface area contributed by atoms with Crippen LogP contribution in [0.3, 0.4) is 0 Å². The minimum absolute atomic E-state index is 0.154. The number of nitro benzene ring substituents is 1. The fraction of sp³-hybridized carbons (Fsp3) is 0.300. The predicted octanol–water partition coefficient (Wildman–Crippen LogP) is 1.37. The maximum absolute atomic E-state index is 10.9. The van der Waals surface area contributed by atoms with Crippen molar-refractivity contribution >= 4 is 17.3 Å². The molecule has 7 nitrogen and oxygen atoms in total. The van der Waals surface area contributed by atoms with Gasteiger partial charge in [-0.05, 0) is 6.07 Å². The van der Waals surface area contributed by atoms with Gasteiger partial charge in [0.25, 0.3) is 5.69 Å². The van der Waals surface area contributed by atoms with Crippen molar-refractivity contribution in [3.8, 4) is 5.75 Å². The van der Waals surface area contributed by atoms with E-state index >= 15 is 0 Å². The van der Waals surface area contributed by atoms with Crippen molar-refractivity contribution in [1.82, 2.24) is 0 Å². The zero-order valence-corrected chi connectivity index (χ0v) is 9.63. The number of nitro groups is 1. The minimum Gasteiger partial charge on any atom is -0.494 e. The molecule has 17 heavy (non-hydrogen) atoms. The minimum atomic E-state index is -1.24. The molecular weight excluding hydrogens is 228 g/mol. The summed E-state index contributed by atoms with van der Waals surface area (Å²) in [5, 5.41) is 19.7. The van der Waals surface area contributed by atoms with E-state index in [1.165, 1.54) is 18.1 Å². The van der Waals surface area contributed by atoms with Gasteiger partial charge in [-0.25, -0.2) is 4.79 Å². The van der Waals surface area contributed by atoms with Crippen LogP contribution in [0, 0.1) is 10.1 Å². The Morgan fingerprint density at radius 2 is 2.06 bits per heavy atom. The fourth-order valence-corrected chi connectivity index (χ4v) is 1.46. The summed E-state index contributed by atoms with van der Waals surface area (Å²) in [7, 11) is 4.56. The van der Waals surface area contributed by atoms with Gasteiger partial charge in [0, 0.05) is 20.2 Å². The molecular formula is C10H12N2O5. The van der Waals surface area contributed by atoms with E-state index in [0.717, 1.165) is 6.07 Å². The number of benzene rings is 1. The van der Waals surface area contributed by atoms with Crippen molar-refractivity contribution in [2.24, 2.45) is 0 Å². The Balaban J connectivity index is 3.57. The third-order valence-corrected chi connectivity index (χ3v) is 2.17. The van der Waals surface area contributed by atoms with Crippen molar-refractivity contribution in [3.05, 3.63) is 27.8 Å². The number of carboxylic acid groups (broad SMARTS) is 1. The van der Waals surface area contributed by atoms with Crippen molar-refractivity contribution < 1.29 is 19.6 Å². The maximum Gasteiger partial charge on any atom is 0.336 e. The van der Waals surface area contributed by atoms with E-state index in [9.17, 15) is 14.9 Å². The number of nitrogens with zero attached hydrogens (tertiary/aromatic N) is 2. The smallest absolute Gasteiger partial charge is 0.336 e. The highest BCUT2D eigenvalue weighted by molar-refractivity contribution is 5.91. The van der Waals surface area contributed by atoms with Gasteiger partial charge in [-0.3, -0.25) is 10.1 Å². The van der Waals surface area contributed by atoms with E-state index in [1.54, 1.807) is 14.1 Å². The van der Waals surface area contributed by atoms with Crippen molar-refractivity contribution in [1.29, 1.82) is 0 Å². The second kappa shape index (κ2) is 4.69. The molecule has 1 aromatic carbocycles. The Bertz CT molecular complexity index is 470. The van der Waals surface area contributed by atoms with Crippen molar-refractivity contribution in [3.63, 3.8) is 0 Å². The molecule has 7 heteroatoms. The van der Waals surface area contributed by atoms with E-state index in [1.807, 2.05) is 0 Å². The van der Waals surface area contributed by atoms with Crippen LogP contribution >= 0.6 is 0 Å². The van der Waals surface area contributed by atoms with Gasteiger partial charge in [0.15, 0.2) is 5.69 Å². The van der Waals surface area contributed by atoms with E-state index < -0.39 is 10.9 Å². The molecule has 0 bridgehead atoms. The molecule has 92 valence electrons. The van der Waals surface area contributed by atoms with E-state index in [4.69, 9.17) is 9.84 Å². The molecule has 0 aromatic heterocycles. The Kier molecular flexibility index (Phi) is 3.52. The summed E-state index contributed by atoms with van der Waals surface area (Å²) in [6.07, 6.45) is 0. The molecule has 0 amide bonds. The molecule has 0 saturated heterocycles. The lowest BCUT2D eigenvalue weighted by molar-refractivity contribution is -0.384. The molecule has 0 aliphatic rings. The number of carboxylic acids is 1. The molecule has 0 unspecified atom stereocenters. The summed E-state index contributed by atoms with van der Waals surface area (Å²) < 4.78 is 4.98. The first-order valence-electron chi connectivity index (χ1n) is 4.65. The highest BCUT2D eigenvalue weighted by Crippen LogP contribution is 2.37. The maximum atomic E-state index is 10.9. The van der Waals surface area contributed by atoms with Gasteiger partial charge >= 0.3 is 5.97 Å².